The summed E-state index contributed by atoms with van der Waals surface area (Å²) in [5.74, 6) is 0.893. The second-order valence-electron chi connectivity index (χ2n) is 8.17. The van der Waals surface area contributed by atoms with E-state index in [1.54, 1.807) is 74.0 Å². The van der Waals surface area contributed by atoms with Gasteiger partial charge in [-0.2, -0.15) is 0 Å². The quantitative estimate of drug-likeness (QED) is 0.247. The van der Waals surface area contributed by atoms with Crippen molar-refractivity contribution in [3.8, 4) is 11.5 Å². The molecule has 0 spiro atoms. The van der Waals surface area contributed by atoms with Crippen LogP contribution in [0.25, 0.3) is 10.2 Å². The zero-order valence-electron chi connectivity index (χ0n) is 20.3. The van der Waals surface area contributed by atoms with Gasteiger partial charge in [-0.15, -0.1) is 0 Å². The second-order valence-corrected chi connectivity index (χ2v) is 9.15. The third kappa shape index (κ3) is 4.92. The molecule has 5 rings (SSSR count). The summed E-state index contributed by atoms with van der Waals surface area (Å²) in [6, 6.07) is 23.1. The smallest absolute Gasteiger partial charge is 0.260 e. The third-order valence-electron chi connectivity index (χ3n) is 5.87. The number of hydrogen-bond donors (Lipinski definition) is 0. The molecule has 0 saturated carbocycles. The number of hydrogen-bond acceptors (Lipinski definition) is 7. The monoisotopic (exact) mass is 509 g/mol. The average molecular weight is 510 g/mol. The number of anilines is 1. The Morgan fingerprint density at radius 1 is 0.811 bits per heavy atom. The van der Waals surface area contributed by atoms with Crippen molar-refractivity contribution in [3.05, 3.63) is 114 Å². The Morgan fingerprint density at radius 3 is 2.16 bits per heavy atom. The molecule has 0 N–H and O–H groups in total. The maximum Gasteiger partial charge on any atom is 0.260 e. The van der Waals surface area contributed by atoms with Crippen LogP contribution < -0.4 is 14.4 Å². The molecule has 0 aliphatic rings. The number of fused-ring (bicyclic) bond motifs is 1. The van der Waals surface area contributed by atoms with E-state index in [4.69, 9.17) is 14.5 Å². The molecule has 0 fully saturated rings. The Morgan fingerprint density at radius 2 is 1.49 bits per heavy atom. The van der Waals surface area contributed by atoms with Crippen molar-refractivity contribution in [2.24, 2.45) is 0 Å². The number of ketones is 1. The zero-order valence-corrected chi connectivity index (χ0v) is 21.1. The van der Waals surface area contributed by atoms with Crippen molar-refractivity contribution in [2.75, 3.05) is 19.1 Å². The van der Waals surface area contributed by atoms with Crippen LogP contribution in [0, 0.1) is 0 Å². The number of carbonyl (C=O) groups excluding carboxylic acids is 2. The van der Waals surface area contributed by atoms with E-state index in [2.05, 4.69) is 4.98 Å². The molecular formula is C29H23N3O4S. The van der Waals surface area contributed by atoms with Gasteiger partial charge in [-0.3, -0.25) is 19.5 Å². The number of thiazole rings is 1. The van der Waals surface area contributed by atoms with Gasteiger partial charge in [0.25, 0.3) is 5.91 Å². The Kier molecular flexibility index (Phi) is 6.91. The molecule has 0 radical (unpaired) electrons. The van der Waals surface area contributed by atoms with Crippen LogP contribution in [0.2, 0.25) is 0 Å². The first-order chi connectivity index (χ1) is 18.1. The van der Waals surface area contributed by atoms with Crippen LogP contribution in [0.5, 0.6) is 11.5 Å². The van der Waals surface area contributed by atoms with E-state index in [0.29, 0.717) is 38.8 Å². The zero-order chi connectivity index (χ0) is 25.8. The van der Waals surface area contributed by atoms with Crippen molar-refractivity contribution in [1.29, 1.82) is 0 Å². The third-order valence-corrected chi connectivity index (χ3v) is 6.96. The van der Waals surface area contributed by atoms with Crippen LogP contribution in [0.1, 0.15) is 31.8 Å². The van der Waals surface area contributed by atoms with Crippen LogP contribution in [0.4, 0.5) is 5.13 Å². The highest BCUT2D eigenvalue weighted by Crippen LogP contribution is 2.40. The van der Waals surface area contributed by atoms with E-state index in [1.165, 1.54) is 11.3 Å². The Balaban J connectivity index is 1.52. The molecule has 37 heavy (non-hydrogen) atoms. The predicted molar refractivity (Wildman–Crippen MR) is 144 cm³/mol. The van der Waals surface area contributed by atoms with Crippen LogP contribution in [-0.4, -0.2) is 35.9 Å². The maximum atomic E-state index is 13.8. The normalized spacial score (nSPS) is 10.8. The Labute approximate surface area is 217 Å². The Hall–Kier alpha value is -4.56. The summed E-state index contributed by atoms with van der Waals surface area (Å²) >= 11 is 1.35. The summed E-state index contributed by atoms with van der Waals surface area (Å²) in [6.07, 6.45) is 3.40. The number of benzene rings is 3. The summed E-state index contributed by atoms with van der Waals surface area (Å²) < 4.78 is 11.8. The van der Waals surface area contributed by atoms with Gasteiger partial charge in [0.15, 0.2) is 10.9 Å². The van der Waals surface area contributed by atoms with Crippen molar-refractivity contribution in [2.45, 2.75) is 6.54 Å². The lowest BCUT2D eigenvalue weighted by Crippen LogP contribution is -2.30. The van der Waals surface area contributed by atoms with Gasteiger partial charge in [-0.25, -0.2) is 4.98 Å². The predicted octanol–water partition coefficient (Wildman–Crippen LogP) is 5.79. The van der Waals surface area contributed by atoms with Gasteiger partial charge in [0.05, 0.1) is 20.8 Å². The highest BCUT2D eigenvalue weighted by atomic mass is 32.1. The van der Waals surface area contributed by atoms with Gasteiger partial charge in [0.1, 0.15) is 21.7 Å². The summed E-state index contributed by atoms with van der Waals surface area (Å²) in [5, 5.41) is 0.496. The van der Waals surface area contributed by atoms with E-state index in [-0.39, 0.29) is 18.2 Å². The minimum absolute atomic E-state index is 0.0998. The maximum absolute atomic E-state index is 13.8. The molecule has 7 nitrogen and oxygen atoms in total. The molecule has 1 amide bonds. The number of nitrogens with zero attached hydrogens (tertiary/aromatic N) is 3. The number of aromatic nitrogens is 2. The van der Waals surface area contributed by atoms with Gasteiger partial charge >= 0.3 is 0 Å². The first-order valence-corrected chi connectivity index (χ1v) is 12.3. The van der Waals surface area contributed by atoms with Gasteiger partial charge in [0, 0.05) is 29.1 Å². The van der Waals surface area contributed by atoms with E-state index < -0.39 is 0 Å². The molecular weight excluding hydrogens is 486 g/mol. The lowest BCUT2D eigenvalue weighted by Gasteiger charge is -2.20. The summed E-state index contributed by atoms with van der Waals surface area (Å²) in [5.41, 5.74) is 3.01. The molecule has 5 aromatic rings. The van der Waals surface area contributed by atoms with Crippen molar-refractivity contribution < 1.29 is 19.1 Å². The number of carbonyl (C=O) groups is 2. The molecule has 0 aliphatic heterocycles. The molecule has 2 heterocycles. The van der Waals surface area contributed by atoms with Crippen LogP contribution in [0.15, 0.2) is 91.3 Å². The highest BCUT2D eigenvalue weighted by Gasteiger charge is 2.24. The summed E-state index contributed by atoms with van der Waals surface area (Å²) in [7, 11) is 3.18. The van der Waals surface area contributed by atoms with Crippen molar-refractivity contribution in [1.82, 2.24) is 9.97 Å². The van der Waals surface area contributed by atoms with Gasteiger partial charge in [-0.1, -0.05) is 59.9 Å². The van der Waals surface area contributed by atoms with Gasteiger partial charge in [-0.05, 0) is 35.9 Å². The summed E-state index contributed by atoms with van der Waals surface area (Å²) in [4.78, 5) is 37.2. The van der Waals surface area contributed by atoms with Crippen LogP contribution in [-0.2, 0) is 6.54 Å². The molecule has 0 aliphatic carbocycles. The van der Waals surface area contributed by atoms with Gasteiger partial charge < -0.3 is 9.47 Å². The van der Waals surface area contributed by atoms with E-state index in [0.717, 1.165) is 10.3 Å². The lowest BCUT2D eigenvalue weighted by molar-refractivity contribution is 0.0982. The molecule has 0 atom stereocenters. The number of rotatable bonds is 8. The first-order valence-electron chi connectivity index (χ1n) is 11.5. The highest BCUT2D eigenvalue weighted by molar-refractivity contribution is 7.22. The number of pyridine rings is 1. The summed E-state index contributed by atoms with van der Waals surface area (Å²) in [6.45, 7) is 0.266. The van der Waals surface area contributed by atoms with Crippen LogP contribution in [0.3, 0.4) is 0 Å². The van der Waals surface area contributed by atoms with E-state index in [9.17, 15) is 9.59 Å². The minimum Gasteiger partial charge on any atom is -0.495 e. The molecule has 0 unspecified atom stereocenters. The topological polar surface area (TPSA) is 81.6 Å². The van der Waals surface area contributed by atoms with Crippen LogP contribution >= 0.6 is 11.3 Å². The lowest BCUT2D eigenvalue weighted by atomic mass is 10.0. The van der Waals surface area contributed by atoms with Crippen molar-refractivity contribution in [3.63, 3.8) is 0 Å². The van der Waals surface area contributed by atoms with E-state index >= 15 is 0 Å². The van der Waals surface area contributed by atoms with E-state index in [1.807, 2.05) is 36.4 Å². The molecule has 0 bridgehead atoms. The van der Waals surface area contributed by atoms with Gasteiger partial charge in [0.2, 0.25) is 0 Å². The number of methoxy groups -OCH3 is 2. The molecule has 3 aromatic carbocycles. The molecule has 184 valence electrons. The largest absolute Gasteiger partial charge is 0.495 e. The molecule has 0 saturated heterocycles. The minimum atomic E-state index is -0.250. The second kappa shape index (κ2) is 10.6. The SMILES string of the molecule is COc1ccc(OC)c2sc(N(Cc3cccnc3)C(=O)c3ccc(C(=O)c4ccccc4)cc3)nc12. The fourth-order valence-corrected chi connectivity index (χ4v) is 5.04. The molecule has 8 heteroatoms. The number of amides is 1. The average Bonchev–Trinajstić information content (AvgIpc) is 3.41. The molecule has 2 aromatic heterocycles. The Bertz CT molecular complexity index is 1510. The first kappa shape index (κ1) is 24.1. The fraction of sp³-hybridized carbons (Fsp3) is 0.103. The standard InChI is InChI=1S/C29H23N3O4S/c1-35-23-14-15-24(36-2)27-25(23)31-29(37-27)32(18-19-7-6-16-30-17-19)28(34)22-12-10-21(11-13-22)26(33)20-8-4-3-5-9-20/h3-17H,18H2,1-2H3. The van der Waals surface area contributed by atoms with Crippen molar-refractivity contribution >= 4 is 38.4 Å². The number of ether oxygens (including phenoxy) is 2. The fourth-order valence-electron chi connectivity index (χ4n) is 3.97.